The zero-order chi connectivity index (χ0) is 9.52. The molecule has 0 bridgehead atoms. The van der Waals surface area contributed by atoms with E-state index in [-0.39, 0.29) is 5.97 Å². The van der Waals surface area contributed by atoms with E-state index in [0.717, 1.165) is 12.3 Å². The summed E-state index contributed by atoms with van der Waals surface area (Å²) in [5, 5.41) is 0. The maximum Gasteiger partial charge on any atom is 0.330 e. The minimum absolute atomic E-state index is 0.244. The Kier molecular flexibility index (Phi) is 4.58. The lowest BCUT2D eigenvalue weighted by molar-refractivity contribution is -0.134. The van der Waals surface area contributed by atoms with Gasteiger partial charge < -0.3 is 4.74 Å². The van der Waals surface area contributed by atoms with Crippen LogP contribution in [0.1, 0.15) is 38.5 Å². The number of carbonyl (C=O) groups is 1. The van der Waals surface area contributed by atoms with Gasteiger partial charge in [-0.15, -0.1) is 0 Å². The van der Waals surface area contributed by atoms with Crippen molar-refractivity contribution in [2.45, 2.75) is 38.5 Å². The molecule has 0 unspecified atom stereocenters. The summed E-state index contributed by atoms with van der Waals surface area (Å²) in [6.07, 6.45) is 11.2. The summed E-state index contributed by atoms with van der Waals surface area (Å²) in [5.41, 5.74) is 0. The van der Waals surface area contributed by atoms with Crippen LogP contribution in [0.5, 0.6) is 0 Å². The van der Waals surface area contributed by atoms with Crippen LogP contribution in [-0.4, -0.2) is 13.1 Å². The first-order valence-electron chi connectivity index (χ1n) is 5.07. The Bertz CT molecular complexity index is 179. The van der Waals surface area contributed by atoms with Gasteiger partial charge in [0.2, 0.25) is 0 Å². The van der Waals surface area contributed by atoms with Crippen molar-refractivity contribution in [3.05, 3.63) is 12.2 Å². The summed E-state index contributed by atoms with van der Waals surface area (Å²) in [5.74, 6) is 0.661. The lowest BCUT2D eigenvalue weighted by Crippen LogP contribution is -1.94. The molecule has 1 aliphatic carbocycles. The molecule has 0 aliphatic heterocycles. The second-order valence-electron chi connectivity index (χ2n) is 3.65. The van der Waals surface area contributed by atoms with Crippen molar-refractivity contribution >= 4 is 5.97 Å². The van der Waals surface area contributed by atoms with Crippen LogP contribution in [0.25, 0.3) is 0 Å². The molecule has 2 nitrogen and oxygen atoms in total. The summed E-state index contributed by atoms with van der Waals surface area (Å²) >= 11 is 0. The van der Waals surface area contributed by atoms with Gasteiger partial charge in [-0.05, 0) is 18.8 Å². The molecule has 2 heteroatoms. The van der Waals surface area contributed by atoms with Crippen LogP contribution in [0.15, 0.2) is 12.2 Å². The first-order chi connectivity index (χ1) is 6.33. The molecule has 1 fully saturated rings. The normalized spacial score (nSPS) is 18.2. The largest absolute Gasteiger partial charge is 0.466 e. The van der Waals surface area contributed by atoms with Crippen molar-refractivity contribution < 1.29 is 9.53 Å². The lowest BCUT2D eigenvalue weighted by Gasteiger charge is -2.04. The van der Waals surface area contributed by atoms with Crippen molar-refractivity contribution in [2.75, 3.05) is 7.11 Å². The van der Waals surface area contributed by atoms with Gasteiger partial charge in [0.25, 0.3) is 0 Å². The van der Waals surface area contributed by atoms with Gasteiger partial charge in [0.1, 0.15) is 0 Å². The predicted octanol–water partition coefficient (Wildman–Crippen LogP) is 2.69. The highest BCUT2D eigenvalue weighted by molar-refractivity contribution is 5.81. The van der Waals surface area contributed by atoms with E-state index in [0.29, 0.717) is 0 Å². The van der Waals surface area contributed by atoms with Gasteiger partial charge in [-0.1, -0.05) is 31.8 Å². The van der Waals surface area contributed by atoms with Gasteiger partial charge in [0.05, 0.1) is 7.11 Å². The molecule has 74 valence electrons. The molecular formula is C11H18O2. The lowest BCUT2D eigenvalue weighted by atomic mass is 10.0. The molecule has 1 saturated carbocycles. The molecule has 0 saturated heterocycles. The van der Waals surface area contributed by atoms with Crippen LogP contribution in [-0.2, 0) is 9.53 Å². The molecule has 0 N–H and O–H groups in total. The Balaban J connectivity index is 2.05. The second-order valence-corrected chi connectivity index (χ2v) is 3.65. The van der Waals surface area contributed by atoms with Gasteiger partial charge in [0, 0.05) is 6.08 Å². The standard InChI is InChI=1S/C11H18O2/c1-13-11(12)9-5-4-8-10-6-2-3-7-10/h5,9-10H,2-4,6-8H2,1H3/b9-5+. The Morgan fingerprint density at radius 1 is 1.46 bits per heavy atom. The number of hydrogen-bond donors (Lipinski definition) is 0. The quantitative estimate of drug-likeness (QED) is 0.493. The number of rotatable bonds is 4. The van der Waals surface area contributed by atoms with Crippen LogP contribution in [0.3, 0.4) is 0 Å². The van der Waals surface area contributed by atoms with Gasteiger partial charge in [0.15, 0.2) is 0 Å². The third kappa shape index (κ3) is 4.11. The van der Waals surface area contributed by atoms with Crippen LogP contribution < -0.4 is 0 Å². The van der Waals surface area contributed by atoms with E-state index in [2.05, 4.69) is 4.74 Å². The van der Waals surface area contributed by atoms with E-state index < -0.39 is 0 Å². The van der Waals surface area contributed by atoms with Gasteiger partial charge in [-0.3, -0.25) is 0 Å². The maximum absolute atomic E-state index is 10.7. The Labute approximate surface area is 80.0 Å². The average Bonchev–Trinajstić information content (AvgIpc) is 2.64. The number of methoxy groups -OCH3 is 1. The van der Waals surface area contributed by atoms with Crippen LogP contribution in [0.2, 0.25) is 0 Å². The molecule has 1 rings (SSSR count). The van der Waals surface area contributed by atoms with Crippen LogP contribution >= 0.6 is 0 Å². The fourth-order valence-electron chi connectivity index (χ4n) is 1.88. The molecule has 0 amide bonds. The van der Waals surface area contributed by atoms with E-state index in [4.69, 9.17) is 0 Å². The molecule has 0 spiro atoms. The second kappa shape index (κ2) is 5.79. The van der Waals surface area contributed by atoms with E-state index >= 15 is 0 Å². The molecule has 0 aromatic heterocycles. The number of esters is 1. The molecule has 0 radical (unpaired) electrons. The van der Waals surface area contributed by atoms with Crippen molar-refractivity contribution in [2.24, 2.45) is 5.92 Å². The zero-order valence-electron chi connectivity index (χ0n) is 8.29. The fourth-order valence-corrected chi connectivity index (χ4v) is 1.88. The summed E-state index contributed by atoms with van der Waals surface area (Å²) < 4.78 is 4.50. The maximum atomic E-state index is 10.7. The number of ether oxygens (including phenoxy) is 1. The number of carbonyl (C=O) groups excluding carboxylic acids is 1. The summed E-state index contributed by atoms with van der Waals surface area (Å²) in [7, 11) is 1.41. The van der Waals surface area contributed by atoms with Crippen molar-refractivity contribution in [3.8, 4) is 0 Å². The van der Waals surface area contributed by atoms with E-state index in [1.165, 1.54) is 45.3 Å². The molecule has 13 heavy (non-hydrogen) atoms. The Morgan fingerprint density at radius 3 is 2.77 bits per heavy atom. The highest BCUT2D eigenvalue weighted by atomic mass is 16.5. The minimum atomic E-state index is -0.244. The predicted molar refractivity (Wildman–Crippen MR) is 52.3 cm³/mol. The van der Waals surface area contributed by atoms with Crippen molar-refractivity contribution in [1.82, 2.24) is 0 Å². The molecule has 1 aliphatic rings. The molecule has 0 heterocycles. The highest BCUT2D eigenvalue weighted by Crippen LogP contribution is 2.28. The monoisotopic (exact) mass is 182 g/mol. The van der Waals surface area contributed by atoms with E-state index in [9.17, 15) is 4.79 Å². The van der Waals surface area contributed by atoms with Crippen molar-refractivity contribution in [1.29, 1.82) is 0 Å². The number of hydrogen-bond acceptors (Lipinski definition) is 2. The molecule has 0 aromatic rings. The van der Waals surface area contributed by atoms with E-state index in [1.807, 2.05) is 6.08 Å². The Morgan fingerprint density at radius 2 is 2.15 bits per heavy atom. The Hall–Kier alpha value is -0.790. The third-order valence-electron chi connectivity index (χ3n) is 2.67. The third-order valence-corrected chi connectivity index (χ3v) is 2.67. The molecule has 0 atom stereocenters. The van der Waals surface area contributed by atoms with E-state index in [1.54, 1.807) is 0 Å². The smallest absolute Gasteiger partial charge is 0.330 e. The zero-order valence-corrected chi connectivity index (χ0v) is 8.29. The first kappa shape index (κ1) is 10.3. The topological polar surface area (TPSA) is 26.3 Å². The summed E-state index contributed by atoms with van der Waals surface area (Å²) in [4.78, 5) is 10.7. The molecular weight excluding hydrogens is 164 g/mol. The van der Waals surface area contributed by atoms with Crippen LogP contribution in [0.4, 0.5) is 0 Å². The first-order valence-corrected chi connectivity index (χ1v) is 5.07. The van der Waals surface area contributed by atoms with Crippen LogP contribution in [0, 0.1) is 5.92 Å². The summed E-state index contributed by atoms with van der Waals surface area (Å²) in [6, 6.07) is 0. The summed E-state index contributed by atoms with van der Waals surface area (Å²) in [6.45, 7) is 0. The van der Waals surface area contributed by atoms with Gasteiger partial charge in [-0.2, -0.15) is 0 Å². The van der Waals surface area contributed by atoms with Gasteiger partial charge >= 0.3 is 5.97 Å². The average molecular weight is 182 g/mol. The molecule has 0 aromatic carbocycles. The van der Waals surface area contributed by atoms with Crippen molar-refractivity contribution in [3.63, 3.8) is 0 Å². The minimum Gasteiger partial charge on any atom is -0.466 e. The number of allylic oxidation sites excluding steroid dienone is 1. The highest BCUT2D eigenvalue weighted by Gasteiger charge is 2.13. The van der Waals surface area contributed by atoms with Gasteiger partial charge in [-0.25, -0.2) is 4.79 Å². The SMILES string of the molecule is COC(=O)/C=C/CCC1CCCC1. The fraction of sp³-hybridized carbons (Fsp3) is 0.727.